The Morgan fingerprint density at radius 3 is 1.40 bits per heavy atom. The molecule has 0 saturated carbocycles. The first-order valence-electron chi connectivity index (χ1n) is 7.28. The van der Waals surface area contributed by atoms with E-state index in [1.807, 2.05) is 24.3 Å². The van der Waals surface area contributed by atoms with Crippen molar-refractivity contribution in [3.05, 3.63) is 24.3 Å². The van der Waals surface area contributed by atoms with Crippen LogP contribution in [0.5, 0.6) is 11.5 Å². The summed E-state index contributed by atoms with van der Waals surface area (Å²) in [6.07, 6.45) is 4.20. The largest absolute Gasteiger partial charge is 0.489 e. The third-order valence-electron chi connectivity index (χ3n) is 2.99. The lowest BCUT2D eigenvalue weighted by Crippen LogP contribution is -2.18. The maximum Gasteiger partial charge on any atom is 0.120 e. The van der Waals surface area contributed by atoms with Crippen molar-refractivity contribution in [2.24, 2.45) is 0 Å². The van der Waals surface area contributed by atoms with E-state index in [0.717, 1.165) is 37.2 Å². The number of rotatable bonds is 10. The van der Waals surface area contributed by atoms with Crippen molar-refractivity contribution in [2.45, 2.75) is 51.7 Å². The first-order chi connectivity index (χ1) is 9.73. The van der Waals surface area contributed by atoms with E-state index in [1.165, 1.54) is 0 Å². The summed E-state index contributed by atoms with van der Waals surface area (Å²) < 4.78 is 11.6. The fraction of sp³-hybridized carbons (Fsp3) is 0.625. The van der Waals surface area contributed by atoms with Crippen LogP contribution in [-0.2, 0) is 0 Å². The molecule has 1 rings (SSSR count). The summed E-state index contributed by atoms with van der Waals surface area (Å²) in [4.78, 5) is 0. The van der Waals surface area contributed by atoms with Crippen LogP contribution in [0.2, 0.25) is 0 Å². The lowest BCUT2D eigenvalue weighted by atomic mass is 10.2. The minimum Gasteiger partial charge on any atom is -0.489 e. The monoisotopic (exact) mass is 318 g/mol. The molecule has 0 spiro atoms. The molecule has 0 fully saturated rings. The highest BCUT2D eigenvalue weighted by molar-refractivity contribution is 6.18. The van der Waals surface area contributed by atoms with Gasteiger partial charge in [-0.1, -0.05) is 26.7 Å². The quantitative estimate of drug-likeness (QED) is 0.548. The van der Waals surface area contributed by atoms with Crippen LogP contribution in [0.25, 0.3) is 0 Å². The predicted molar refractivity (Wildman–Crippen MR) is 86.5 cm³/mol. The van der Waals surface area contributed by atoms with E-state index in [0.29, 0.717) is 11.8 Å². The number of ether oxygens (including phenoxy) is 2. The minimum absolute atomic E-state index is 0.0733. The molecule has 4 heteroatoms. The average molecular weight is 319 g/mol. The summed E-state index contributed by atoms with van der Waals surface area (Å²) >= 11 is 11.8. The zero-order valence-corrected chi connectivity index (χ0v) is 13.8. The summed E-state index contributed by atoms with van der Waals surface area (Å²) in [5.74, 6) is 2.68. The van der Waals surface area contributed by atoms with Crippen LogP contribution in [0.15, 0.2) is 24.3 Å². The molecule has 0 saturated heterocycles. The van der Waals surface area contributed by atoms with Crippen LogP contribution in [0.4, 0.5) is 0 Å². The third kappa shape index (κ3) is 6.23. The second kappa shape index (κ2) is 10.2. The highest BCUT2D eigenvalue weighted by Gasteiger charge is 2.10. The van der Waals surface area contributed by atoms with Gasteiger partial charge in [0.25, 0.3) is 0 Å². The smallest absolute Gasteiger partial charge is 0.120 e. The molecular formula is C16H24Cl2O2. The van der Waals surface area contributed by atoms with E-state index in [1.54, 1.807) is 0 Å². The van der Waals surface area contributed by atoms with Crippen molar-refractivity contribution in [3.8, 4) is 11.5 Å². The summed E-state index contributed by atoms with van der Waals surface area (Å²) in [5, 5.41) is 0. The number of hydrogen-bond acceptors (Lipinski definition) is 2. The van der Waals surface area contributed by atoms with Crippen molar-refractivity contribution in [3.63, 3.8) is 0 Å². The van der Waals surface area contributed by atoms with Crippen LogP contribution >= 0.6 is 23.2 Å². The Morgan fingerprint density at radius 1 is 0.800 bits per heavy atom. The van der Waals surface area contributed by atoms with Crippen LogP contribution in [0.3, 0.4) is 0 Å². The van der Waals surface area contributed by atoms with Gasteiger partial charge >= 0.3 is 0 Å². The molecule has 2 unspecified atom stereocenters. The molecule has 0 N–H and O–H groups in total. The first-order valence-corrected chi connectivity index (χ1v) is 8.35. The topological polar surface area (TPSA) is 18.5 Å². The molecule has 0 amide bonds. The van der Waals surface area contributed by atoms with E-state index in [2.05, 4.69) is 13.8 Å². The van der Waals surface area contributed by atoms with Crippen molar-refractivity contribution in [2.75, 3.05) is 11.8 Å². The van der Waals surface area contributed by atoms with Gasteiger partial charge in [-0.3, -0.25) is 0 Å². The van der Waals surface area contributed by atoms with Gasteiger partial charge in [-0.15, -0.1) is 23.2 Å². The van der Waals surface area contributed by atoms with Crippen molar-refractivity contribution < 1.29 is 9.47 Å². The summed E-state index contributed by atoms with van der Waals surface area (Å²) in [7, 11) is 0. The van der Waals surface area contributed by atoms with E-state index < -0.39 is 0 Å². The summed E-state index contributed by atoms with van der Waals surface area (Å²) in [6, 6.07) is 7.67. The molecule has 0 aliphatic heterocycles. The zero-order valence-electron chi connectivity index (χ0n) is 12.3. The third-order valence-corrected chi connectivity index (χ3v) is 3.68. The average Bonchev–Trinajstić information content (AvgIpc) is 2.48. The van der Waals surface area contributed by atoms with Crippen LogP contribution in [0.1, 0.15) is 39.5 Å². The molecule has 114 valence electrons. The van der Waals surface area contributed by atoms with Crippen LogP contribution in [0, 0.1) is 0 Å². The highest BCUT2D eigenvalue weighted by atomic mass is 35.5. The van der Waals surface area contributed by atoms with Gasteiger partial charge in [0.1, 0.15) is 23.7 Å². The molecule has 0 aliphatic carbocycles. The van der Waals surface area contributed by atoms with Crippen molar-refractivity contribution >= 4 is 23.2 Å². The maximum absolute atomic E-state index is 5.89. The number of halogens is 2. The molecule has 0 aliphatic rings. The Labute approximate surface area is 132 Å². The second-order valence-electron chi connectivity index (χ2n) is 4.84. The number of hydrogen-bond donors (Lipinski definition) is 0. The molecule has 0 aromatic heterocycles. The molecule has 2 nitrogen and oxygen atoms in total. The Hall–Kier alpha value is -0.600. The van der Waals surface area contributed by atoms with Gasteiger partial charge in [-0.25, -0.2) is 0 Å². The maximum atomic E-state index is 5.89. The standard InChI is InChI=1S/C16H24Cl2O2/c1-3-5-15(11-17)19-13-7-9-14(10-8-13)20-16(12-18)6-4-2/h7-10,15-16H,3-6,11-12H2,1-2H3. The Morgan fingerprint density at radius 2 is 1.15 bits per heavy atom. The van der Waals surface area contributed by atoms with Crippen LogP contribution in [-0.4, -0.2) is 24.0 Å². The Bertz CT molecular complexity index is 319. The van der Waals surface area contributed by atoms with Gasteiger partial charge in [-0.2, -0.15) is 0 Å². The molecule has 0 heterocycles. The molecule has 20 heavy (non-hydrogen) atoms. The highest BCUT2D eigenvalue weighted by Crippen LogP contribution is 2.22. The fourth-order valence-corrected chi connectivity index (χ4v) is 2.40. The molecular weight excluding hydrogens is 295 g/mol. The van der Waals surface area contributed by atoms with Crippen molar-refractivity contribution in [1.29, 1.82) is 0 Å². The van der Waals surface area contributed by atoms with E-state index in [9.17, 15) is 0 Å². The Balaban J connectivity index is 2.54. The number of benzene rings is 1. The molecule has 2 atom stereocenters. The number of alkyl halides is 2. The molecule has 0 bridgehead atoms. The Kier molecular flexibility index (Phi) is 8.88. The lowest BCUT2D eigenvalue weighted by molar-refractivity contribution is 0.206. The van der Waals surface area contributed by atoms with E-state index >= 15 is 0 Å². The van der Waals surface area contributed by atoms with E-state index in [-0.39, 0.29) is 12.2 Å². The second-order valence-corrected chi connectivity index (χ2v) is 5.45. The van der Waals surface area contributed by atoms with Gasteiger partial charge in [0.2, 0.25) is 0 Å². The van der Waals surface area contributed by atoms with Gasteiger partial charge < -0.3 is 9.47 Å². The minimum atomic E-state index is 0.0733. The molecule has 0 radical (unpaired) electrons. The van der Waals surface area contributed by atoms with Crippen LogP contribution < -0.4 is 9.47 Å². The summed E-state index contributed by atoms with van der Waals surface area (Å²) in [6.45, 7) is 4.25. The lowest BCUT2D eigenvalue weighted by Gasteiger charge is -2.18. The SMILES string of the molecule is CCCC(CCl)Oc1ccc(OC(CCl)CCC)cc1. The first kappa shape index (κ1) is 17.5. The predicted octanol–water partition coefficient (Wildman–Crippen LogP) is 5.26. The summed E-state index contributed by atoms with van der Waals surface area (Å²) in [5.41, 5.74) is 0. The van der Waals surface area contributed by atoms with Gasteiger partial charge in [-0.05, 0) is 37.1 Å². The van der Waals surface area contributed by atoms with E-state index in [4.69, 9.17) is 32.7 Å². The zero-order chi connectivity index (χ0) is 14.8. The molecule has 1 aromatic rings. The van der Waals surface area contributed by atoms with Gasteiger partial charge in [0, 0.05) is 0 Å². The normalized spacial score (nSPS) is 13.8. The van der Waals surface area contributed by atoms with Crippen molar-refractivity contribution in [1.82, 2.24) is 0 Å². The molecule has 1 aromatic carbocycles. The van der Waals surface area contributed by atoms with Gasteiger partial charge in [0.05, 0.1) is 11.8 Å². The fourth-order valence-electron chi connectivity index (χ4n) is 1.96. The van der Waals surface area contributed by atoms with Gasteiger partial charge in [0.15, 0.2) is 0 Å².